The van der Waals surface area contributed by atoms with E-state index in [2.05, 4.69) is 24.3 Å². The summed E-state index contributed by atoms with van der Waals surface area (Å²) in [6.45, 7) is 6.65. The molecule has 2 aromatic rings. The number of carbonyl (C=O) groups excluding carboxylic acids is 1. The number of benzene rings is 1. The van der Waals surface area contributed by atoms with Crippen molar-refractivity contribution in [2.45, 2.75) is 32.2 Å². The third-order valence-electron chi connectivity index (χ3n) is 3.30. The maximum atomic E-state index is 12.2. The number of amides is 1. The lowest BCUT2D eigenvalue weighted by atomic mass is 10.2. The van der Waals surface area contributed by atoms with Crippen molar-refractivity contribution in [1.82, 2.24) is 9.78 Å². The predicted molar refractivity (Wildman–Crippen MR) is 89.3 cm³/mol. The lowest BCUT2D eigenvalue weighted by Crippen LogP contribution is -2.15. The van der Waals surface area contributed by atoms with Crippen LogP contribution in [-0.2, 0) is 16.4 Å². The average molecular weight is 335 g/mol. The molecule has 0 fully saturated rings. The van der Waals surface area contributed by atoms with Crippen LogP contribution in [-0.4, -0.2) is 30.4 Å². The minimum atomic E-state index is -3.26. The van der Waals surface area contributed by atoms with Crippen molar-refractivity contribution in [3.63, 3.8) is 0 Å². The molecule has 2 rings (SSSR count). The van der Waals surface area contributed by atoms with Crippen molar-refractivity contribution < 1.29 is 13.2 Å². The monoisotopic (exact) mass is 335 g/mol. The number of aromatic nitrogens is 2. The fraction of sp³-hybridized carbons (Fsp3) is 0.375. The van der Waals surface area contributed by atoms with Crippen LogP contribution in [0.3, 0.4) is 0 Å². The highest BCUT2D eigenvalue weighted by Gasteiger charge is 2.13. The van der Waals surface area contributed by atoms with Crippen LogP contribution in [0.5, 0.6) is 0 Å². The Morgan fingerprint density at radius 1 is 1.30 bits per heavy atom. The van der Waals surface area contributed by atoms with E-state index >= 15 is 0 Å². The fourth-order valence-electron chi connectivity index (χ4n) is 2.15. The van der Waals surface area contributed by atoms with Gasteiger partial charge in [-0.3, -0.25) is 9.48 Å². The smallest absolute Gasteiger partial charge is 0.276 e. The molecule has 0 unspecified atom stereocenters. The Labute approximate surface area is 136 Å². The minimum absolute atomic E-state index is 0.231. The normalized spacial score (nSPS) is 11.7. The average Bonchev–Trinajstić information content (AvgIpc) is 2.87. The summed E-state index contributed by atoms with van der Waals surface area (Å²) in [7, 11) is -3.26. The molecule has 0 radical (unpaired) electrons. The first-order chi connectivity index (χ1) is 10.7. The number of nitrogens with zero attached hydrogens (tertiary/aromatic N) is 2. The molecule has 0 bridgehead atoms. The topological polar surface area (TPSA) is 81.1 Å². The van der Waals surface area contributed by atoms with Gasteiger partial charge in [-0.15, -0.1) is 0 Å². The number of hydrogen-bond acceptors (Lipinski definition) is 4. The maximum Gasteiger partial charge on any atom is 0.276 e. The number of rotatable bonds is 5. The molecule has 1 aromatic carbocycles. The zero-order valence-electron chi connectivity index (χ0n) is 13.7. The van der Waals surface area contributed by atoms with Gasteiger partial charge in [0, 0.05) is 24.7 Å². The molecule has 0 spiro atoms. The Kier molecular flexibility index (Phi) is 4.89. The van der Waals surface area contributed by atoms with Gasteiger partial charge in [0.2, 0.25) is 0 Å². The molecule has 0 saturated carbocycles. The first-order valence-electron chi connectivity index (χ1n) is 7.32. The Morgan fingerprint density at radius 3 is 2.57 bits per heavy atom. The van der Waals surface area contributed by atoms with E-state index in [4.69, 9.17) is 0 Å². The second kappa shape index (κ2) is 6.54. The van der Waals surface area contributed by atoms with Gasteiger partial charge in [0.1, 0.15) is 0 Å². The van der Waals surface area contributed by atoms with Crippen molar-refractivity contribution >= 4 is 21.4 Å². The quantitative estimate of drug-likeness (QED) is 0.910. The molecule has 0 saturated heterocycles. The van der Waals surface area contributed by atoms with E-state index in [9.17, 15) is 13.2 Å². The second-order valence-corrected chi connectivity index (χ2v) is 8.04. The van der Waals surface area contributed by atoms with Crippen LogP contribution in [0.1, 0.15) is 29.9 Å². The highest BCUT2D eigenvalue weighted by Crippen LogP contribution is 2.20. The summed E-state index contributed by atoms with van der Waals surface area (Å²) < 4.78 is 24.8. The zero-order valence-corrected chi connectivity index (χ0v) is 14.5. The predicted octanol–water partition coefficient (Wildman–Crippen LogP) is 2.50. The SMILES string of the molecule is Cc1cc(S(C)(=O)=O)ccc1NC(=O)c1ccn(CC(C)C)n1. The number of carbonyl (C=O) groups is 1. The largest absolute Gasteiger partial charge is 0.320 e. The standard InChI is InChI=1S/C16H21N3O3S/c1-11(2)10-19-8-7-15(18-19)16(20)17-14-6-5-13(9-12(14)3)23(4,21)22/h5-9,11H,10H2,1-4H3,(H,17,20). The lowest BCUT2D eigenvalue weighted by molar-refractivity contribution is 0.102. The van der Waals surface area contributed by atoms with Crippen molar-refractivity contribution in [2.75, 3.05) is 11.6 Å². The summed E-state index contributed by atoms with van der Waals surface area (Å²) in [6, 6.07) is 6.28. The Morgan fingerprint density at radius 2 is 2.00 bits per heavy atom. The van der Waals surface area contributed by atoms with Crippen LogP contribution in [0.15, 0.2) is 35.4 Å². The van der Waals surface area contributed by atoms with E-state index in [1.165, 1.54) is 6.07 Å². The van der Waals surface area contributed by atoms with Gasteiger partial charge in [-0.05, 0) is 42.7 Å². The molecule has 7 heteroatoms. The van der Waals surface area contributed by atoms with Crippen molar-refractivity contribution in [1.29, 1.82) is 0 Å². The minimum Gasteiger partial charge on any atom is -0.320 e. The van der Waals surface area contributed by atoms with Gasteiger partial charge in [-0.2, -0.15) is 5.10 Å². The summed E-state index contributed by atoms with van der Waals surface area (Å²) in [5.74, 6) is 0.124. The molecule has 124 valence electrons. The van der Waals surface area contributed by atoms with Gasteiger partial charge in [-0.1, -0.05) is 13.8 Å². The number of hydrogen-bond donors (Lipinski definition) is 1. The van der Waals surface area contributed by atoms with E-state index in [1.807, 2.05) is 0 Å². The van der Waals surface area contributed by atoms with Crippen molar-refractivity contribution in [3.8, 4) is 0 Å². The highest BCUT2D eigenvalue weighted by atomic mass is 32.2. The lowest BCUT2D eigenvalue weighted by Gasteiger charge is -2.09. The number of sulfone groups is 1. The molecule has 1 aromatic heterocycles. The summed E-state index contributed by atoms with van der Waals surface area (Å²) in [5.41, 5.74) is 1.58. The van der Waals surface area contributed by atoms with Crippen LogP contribution in [0, 0.1) is 12.8 Å². The molecular formula is C16H21N3O3S. The molecule has 0 atom stereocenters. The molecule has 1 heterocycles. The van der Waals surface area contributed by atoms with Gasteiger partial charge in [0.05, 0.1) is 4.90 Å². The van der Waals surface area contributed by atoms with Crippen LogP contribution >= 0.6 is 0 Å². The Balaban J connectivity index is 2.16. The fourth-order valence-corrected chi connectivity index (χ4v) is 2.86. The summed E-state index contributed by atoms with van der Waals surface area (Å²) >= 11 is 0. The summed E-state index contributed by atoms with van der Waals surface area (Å²) in [4.78, 5) is 12.5. The maximum absolute atomic E-state index is 12.2. The van der Waals surface area contributed by atoms with Crippen molar-refractivity contribution in [2.24, 2.45) is 5.92 Å². The van der Waals surface area contributed by atoms with E-state index in [-0.39, 0.29) is 10.8 Å². The Hall–Kier alpha value is -2.15. The van der Waals surface area contributed by atoms with Crippen molar-refractivity contribution in [3.05, 3.63) is 41.7 Å². The van der Waals surface area contributed by atoms with Crippen LogP contribution in [0.4, 0.5) is 5.69 Å². The van der Waals surface area contributed by atoms with E-state index in [0.717, 1.165) is 12.8 Å². The van der Waals surface area contributed by atoms with Crippen LogP contribution < -0.4 is 5.32 Å². The highest BCUT2D eigenvalue weighted by molar-refractivity contribution is 7.90. The van der Waals surface area contributed by atoms with Crippen LogP contribution in [0.25, 0.3) is 0 Å². The molecule has 1 amide bonds. The summed E-state index contributed by atoms with van der Waals surface area (Å²) in [6.07, 6.45) is 2.93. The Bertz CT molecular complexity index is 823. The molecule has 6 nitrogen and oxygen atoms in total. The third kappa shape index (κ3) is 4.41. The molecule has 0 aliphatic carbocycles. The molecule has 0 aliphatic heterocycles. The van der Waals surface area contributed by atoms with Gasteiger partial charge < -0.3 is 5.32 Å². The molecule has 1 N–H and O–H groups in total. The van der Waals surface area contributed by atoms with Crippen LogP contribution in [0.2, 0.25) is 0 Å². The molecular weight excluding hydrogens is 314 g/mol. The first-order valence-corrected chi connectivity index (χ1v) is 9.21. The first kappa shape index (κ1) is 17.2. The number of aryl methyl sites for hydroxylation is 1. The zero-order chi connectivity index (χ0) is 17.2. The molecule has 0 aliphatic rings. The molecule has 23 heavy (non-hydrogen) atoms. The second-order valence-electron chi connectivity index (χ2n) is 6.02. The van der Waals surface area contributed by atoms with E-state index < -0.39 is 9.84 Å². The third-order valence-corrected chi connectivity index (χ3v) is 4.41. The van der Waals surface area contributed by atoms with Gasteiger partial charge in [0.15, 0.2) is 15.5 Å². The van der Waals surface area contributed by atoms with E-state index in [0.29, 0.717) is 22.9 Å². The summed E-state index contributed by atoms with van der Waals surface area (Å²) in [5, 5.41) is 7.00. The number of nitrogens with one attached hydrogen (secondary N) is 1. The van der Waals surface area contributed by atoms with E-state index in [1.54, 1.807) is 36.0 Å². The number of anilines is 1. The van der Waals surface area contributed by atoms with Gasteiger partial charge >= 0.3 is 0 Å². The van der Waals surface area contributed by atoms with Gasteiger partial charge in [0.25, 0.3) is 5.91 Å². The van der Waals surface area contributed by atoms with Gasteiger partial charge in [-0.25, -0.2) is 8.42 Å².